The Bertz CT molecular complexity index is 1410. The van der Waals surface area contributed by atoms with Gasteiger partial charge in [-0.15, -0.1) is 0 Å². The predicted octanol–water partition coefficient (Wildman–Crippen LogP) is 2.46. The first-order chi connectivity index (χ1) is 17.8. The molecule has 0 saturated heterocycles. The lowest BCUT2D eigenvalue weighted by Crippen LogP contribution is -2.35. The number of aromatic nitrogens is 3. The van der Waals surface area contributed by atoms with Crippen LogP contribution in [-0.4, -0.2) is 65.3 Å². The van der Waals surface area contributed by atoms with Gasteiger partial charge in [-0.25, -0.2) is 14.4 Å². The molecule has 1 aliphatic rings. The summed E-state index contributed by atoms with van der Waals surface area (Å²) in [6.45, 7) is 1.59. The van der Waals surface area contributed by atoms with Gasteiger partial charge in [0.15, 0.2) is 5.78 Å². The summed E-state index contributed by atoms with van der Waals surface area (Å²) in [5.74, 6) is -1.75. The summed E-state index contributed by atoms with van der Waals surface area (Å²) in [5, 5.41) is 12.8. The molecule has 11 nitrogen and oxygen atoms in total. The highest BCUT2D eigenvalue weighted by molar-refractivity contribution is 7.84. The van der Waals surface area contributed by atoms with E-state index in [9.17, 15) is 35.9 Å². The van der Waals surface area contributed by atoms with E-state index in [0.29, 0.717) is 0 Å². The average molecular weight is 562 g/mol. The van der Waals surface area contributed by atoms with Gasteiger partial charge in [0.25, 0.3) is 0 Å². The number of ketones is 1. The molecule has 0 spiro atoms. The van der Waals surface area contributed by atoms with Crippen molar-refractivity contribution in [3.63, 3.8) is 0 Å². The summed E-state index contributed by atoms with van der Waals surface area (Å²) in [6, 6.07) is 1.64. The lowest BCUT2D eigenvalue weighted by molar-refractivity contribution is -0.153. The van der Waals surface area contributed by atoms with Gasteiger partial charge in [0.1, 0.15) is 36.3 Å². The van der Waals surface area contributed by atoms with Crippen molar-refractivity contribution in [1.82, 2.24) is 19.3 Å². The molecule has 0 amide bonds. The SMILES string of the molecule is CNS(=O)(=O)O[C@@H]1C[C@@H](Nc2ncncc2C(=O)c2ccn([C@H](C)c3ccc(C(F)(F)F)o3)c2)[C@@H](F)[C@@H]1O. The number of furan rings is 1. The van der Waals surface area contributed by atoms with Crippen LogP contribution in [0.15, 0.2) is 47.5 Å². The molecule has 3 N–H and O–H groups in total. The zero-order valence-corrected chi connectivity index (χ0v) is 20.7. The van der Waals surface area contributed by atoms with Crippen LogP contribution in [0.4, 0.5) is 23.4 Å². The van der Waals surface area contributed by atoms with E-state index in [2.05, 4.69) is 15.3 Å². The maximum atomic E-state index is 14.8. The van der Waals surface area contributed by atoms with Crippen molar-refractivity contribution in [2.75, 3.05) is 12.4 Å². The first kappa shape index (κ1) is 27.7. The molecule has 0 unspecified atom stereocenters. The van der Waals surface area contributed by atoms with E-state index >= 15 is 0 Å². The Hall–Kier alpha value is -3.34. The van der Waals surface area contributed by atoms with Crippen molar-refractivity contribution < 1.29 is 44.5 Å². The third-order valence-electron chi connectivity index (χ3n) is 6.10. The number of nitrogens with zero attached hydrogens (tertiary/aromatic N) is 3. The quantitative estimate of drug-likeness (QED) is 0.265. The predicted molar refractivity (Wildman–Crippen MR) is 123 cm³/mol. The number of alkyl halides is 4. The molecular weight excluding hydrogens is 538 g/mol. The van der Waals surface area contributed by atoms with Crippen LogP contribution in [0.2, 0.25) is 0 Å². The number of rotatable bonds is 9. The molecule has 1 saturated carbocycles. The minimum atomic E-state index is -4.63. The molecular formula is C22H23F4N5O6S. The number of aliphatic hydroxyl groups is 1. The Morgan fingerprint density at radius 3 is 2.71 bits per heavy atom. The van der Waals surface area contributed by atoms with Crippen molar-refractivity contribution in [3.05, 3.63) is 65.8 Å². The summed E-state index contributed by atoms with van der Waals surface area (Å²) in [5.41, 5.74) is 0.0889. The van der Waals surface area contributed by atoms with Crippen LogP contribution in [0.3, 0.4) is 0 Å². The maximum Gasteiger partial charge on any atom is 0.449 e. The van der Waals surface area contributed by atoms with Gasteiger partial charge in [0.05, 0.1) is 17.6 Å². The normalized spacial score (nSPS) is 22.9. The van der Waals surface area contributed by atoms with E-state index in [1.807, 2.05) is 4.72 Å². The summed E-state index contributed by atoms with van der Waals surface area (Å²) in [6.07, 6.45) is -4.77. The van der Waals surface area contributed by atoms with Crippen molar-refractivity contribution in [2.45, 2.75) is 50.0 Å². The minimum absolute atomic E-state index is 0.0307. The highest BCUT2D eigenvalue weighted by atomic mass is 32.2. The van der Waals surface area contributed by atoms with E-state index in [-0.39, 0.29) is 29.1 Å². The van der Waals surface area contributed by atoms with Crippen LogP contribution in [0.1, 0.15) is 46.8 Å². The van der Waals surface area contributed by atoms with E-state index < -0.39 is 58.5 Å². The van der Waals surface area contributed by atoms with Gasteiger partial charge >= 0.3 is 16.5 Å². The standard InChI is InChI=1S/C22H23F4N5O6S/c1-11(15-3-4-17(36-15)22(24,25)26)31-6-5-12(9-31)19(32)13-8-28-10-29-21(13)30-14-7-16(20(33)18(14)23)37-38(34,35)27-2/h3-6,8-11,14,16,18,20,27,33H,7H2,1-2H3,(H,28,29,30)/t11-,14-,16-,18-,20-/m1/s1. The van der Waals surface area contributed by atoms with Gasteiger partial charge in [-0.05, 0) is 25.1 Å². The molecule has 1 fully saturated rings. The third-order valence-corrected chi connectivity index (χ3v) is 7.10. The Labute approximate surface area is 214 Å². The van der Waals surface area contributed by atoms with E-state index in [1.165, 1.54) is 35.3 Å². The number of hydrogen-bond donors (Lipinski definition) is 3. The molecule has 16 heteroatoms. The topological polar surface area (TPSA) is 149 Å². The van der Waals surface area contributed by atoms with Crippen molar-refractivity contribution in [3.8, 4) is 0 Å². The molecule has 0 aromatic carbocycles. The number of aliphatic hydroxyl groups excluding tert-OH is 1. The molecule has 3 aromatic heterocycles. The molecule has 4 rings (SSSR count). The molecule has 0 radical (unpaired) electrons. The molecule has 1 aliphatic carbocycles. The van der Waals surface area contributed by atoms with Gasteiger partial charge < -0.3 is 19.4 Å². The van der Waals surface area contributed by atoms with Crippen LogP contribution in [0.25, 0.3) is 0 Å². The Morgan fingerprint density at radius 2 is 2.05 bits per heavy atom. The zero-order chi connectivity index (χ0) is 27.8. The second-order valence-electron chi connectivity index (χ2n) is 8.55. The number of halogens is 4. The second kappa shape index (κ2) is 10.4. The highest BCUT2D eigenvalue weighted by Crippen LogP contribution is 2.33. The first-order valence-electron chi connectivity index (χ1n) is 11.2. The van der Waals surface area contributed by atoms with Gasteiger partial charge in [-0.1, -0.05) is 0 Å². The lowest BCUT2D eigenvalue weighted by Gasteiger charge is -2.17. The van der Waals surface area contributed by atoms with Crippen molar-refractivity contribution in [2.24, 2.45) is 0 Å². The first-order valence-corrected chi connectivity index (χ1v) is 12.6. The molecule has 0 bridgehead atoms. The largest absolute Gasteiger partial charge is 0.454 e. The minimum Gasteiger partial charge on any atom is -0.454 e. The summed E-state index contributed by atoms with van der Waals surface area (Å²) in [7, 11) is -3.10. The fourth-order valence-corrected chi connectivity index (χ4v) is 4.63. The third kappa shape index (κ3) is 5.72. The van der Waals surface area contributed by atoms with Crippen LogP contribution in [0.5, 0.6) is 0 Å². The van der Waals surface area contributed by atoms with Crippen LogP contribution < -0.4 is 10.0 Å². The van der Waals surface area contributed by atoms with E-state index in [4.69, 9.17) is 8.60 Å². The molecule has 3 heterocycles. The number of hydrogen-bond acceptors (Lipinski definition) is 9. The van der Waals surface area contributed by atoms with Gasteiger partial charge in [-0.2, -0.15) is 26.3 Å². The molecule has 0 aliphatic heterocycles. The lowest BCUT2D eigenvalue weighted by atomic mass is 10.1. The number of anilines is 1. The number of carbonyl (C=O) groups excluding carboxylic acids is 1. The molecule has 5 atom stereocenters. The van der Waals surface area contributed by atoms with Crippen LogP contribution >= 0.6 is 0 Å². The average Bonchev–Trinajstić information content (AvgIpc) is 3.61. The monoisotopic (exact) mass is 561 g/mol. The summed E-state index contributed by atoms with van der Waals surface area (Å²) >= 11 is 0. The fraction of sp³-hybridized carbons (Fsp3) is 0.409. The van der Waals surface area contributed by atoms with Crippen molar-refractivity contribution in [1.29, 1.82) is 0 Å². The zero-order valence-electron chi connectivity index (χ0n) is 19.9. The maximum absolute atomic E-state index is 14.8. The van der Waals surface area contributed by atoms with E-state index in [0.717, 1.165) is 19.4 Å². The molecule has 38 heavy (non-hydrogen) atoms. The number of nitrogens with one attached hydrogen (secondary N) is 2. The number of carbonyl (C=O) groups is 1. The highest BCUT2D eigenvalue weighted by Gasteiger charge is 2.46. The van der Waals surface area contributed by atoms with Crippen molar-refractivity contribution >= 4 is 21.9 Å². The fourth-order valence-electron chi connectivity index (χ4n) is 4.02. The molecule has 3 aromatic rings. The summed E-state index contributed by atoms with van der Waals surface area (Å²) < 4.78 is 89.7. The Balaban J connectivity index is 1.51. The molecule has 206 valence electrons. The van der Waals surface area contributed by atoms with E-state index in [1.54, 1.807) is 6.92 Å². The summed E-state index contributed by atoms with van der Waals surface area (Å²) in [4.78, 5) is 21.0. The van der Waals surface area contributed by atoms with Crippen LogP contribution in [-0.2, 0) is 20.7 Å². The van der Waals surface area contributed by atoms with Crippen LogP contribution in [0, 0.1) is 0 Å². The van der Waals surface area contributed by atoms with Gasteiger partial charge in [-0.3, -0.25) is 8.98 Å². The van der Waals surface area contributed by atoms with Gasteiger partial charge in [0, 0.05) is 37.6 Å². The smallest absolute Gasteiger partial charge is 0.449 e. The van der Waals surface area contributed by atoms with Gasteiger partial charge in [0.2, 0.25) is 5.76 Å². The Morgan fingerprint density at radius 1 is 1.32 bits per heavy atom. The second-order valence-corrected chi connectivity index (χ2v) is 10.1. The Kier molecular flexibility index (Phi) is 7.60.